The zero-order chi connectivity index (χ0) is 12.0. The topological polar surface area (TPSA) is 33.1 Å². The van der Waals surface area contributed by atoms with Crippen LogP contribution >= 0.6 is 34.8 Å². The van der Waals surface area contributed by atoms with Crippen LogP contribution in [0.15, 0.2) is 42.6 Å². The molecule has 0 aliphatic carbocycles. The summed E-state index contributed by atoms with van der Waals surface area (Å²) < 4.78 is 0. The van der Waals surface area contributed by atoms with Crippen LogP contribution in [0.3, 0.4) is 0 Å². The third kappa shape index (κ3) is 4.27. The predicted molar refractivity (Wildman–Crippen MR) is 67.4 cm³/mol. The molecule has 2 rings (SSSR count). The molecule has 0 radical (unpaired) electrons. The first-order chi connectivity index (χ1) is 7.61. The van der Waals surface area contributed by atoms with Crippen molar-refractivity contribution in [3.05, 3.63) is 57.8 Å². The Bertz CT molecular complexity index is 428. The summed E-state index contributed by atoms with van der Waals surface area (Å²) in [7, 11) is 0. The molecule has 0 atom stereocenters. The first-order valence-corrected chi connectivity index (χ1v) is 5.44. The van der Waals surface area contributed by atoms with Crippen molar-refractivity contribution >= 4 is 34.8 Å². The fourth-order valence-corrected chi connectivity index (χ4v) is 1.29. The summed E-state index contributed by atoms with van der Waals surface area (Å²) in [6.45, 7) is 0. The highest BCUT2D eigenvalue weighted by Crippen LogP contribution is 2.26. The number of phenolic OH excluding ortho intramolecular Hbond substituents is 1. The third-order valence-corrected chi connectivity index (χ3v) is 2.73. The van der Waals surface area contributed by atoms with Crippen molar-refractivity contribution in [1.29, 1.82) is 0 Å². The highest BCUT2D eigenvalue weighted by atomic mass is 35.5. The van der Waals surface area contributed by atoms with E-state index in [1.54, 1.807) is 30.3 Å². The Labute approximate surface area is 108 Å². The number of hydrogen-bond acceptors (Lipinski definition) is 2. The van der Waals surface area contributed by atoms with Crippen LogP contribution in [-0.2, 0) is 0 Å². The zero-order valence-corrected chi connectivity index (χ0v) is 10.3. The van der Waals surface area contributed by atoms with E-state index in [9.17, 15) is 0 Å². The Morgan fingerprint density at radius 3 is 1.94 bits per heavy atom. The Hall–Kier alpha value is -0.960. The van der Waals surface area contributed by atoms with Crippen molar-refractivity contribution in [2.45, 2.75) is 0 Å². The van der Waals surface area contributed by atoms with E-state index in [2.05, 4.69) is 4.98 Å². The summed E-state index contributed by atoms with van der Waals surface area (Å²) in [5.41, 5.74) is 0. The monoisotopic (exact) mass is 275 g/mol. The molecule has 0 bridgehead atoms. The molecule has 0 amide bonds. The van der Waals surface area contributed by atoms with E-state index in [1.807, 2.05) is 6.07 Å². The van der Waals surface area contributed by atoms with Crippen molar-refractivity contribution in [3.63, 3.8) is 0 Å². The van der Waals surface area contributed by atoms with Crippen molar-refractivity contribution in [2.75, 3.05) is 0 Å². The number of rotatable bonds is 0. The number of aromatic hydroxyl groups is 1. The van der Waals surface area contributed by atoms with E-state index >= 15 is 0 Å². The lowest BCUT2D eigenvalue weighted by Crippen LogP contribution is -1.74. The maximum Gasteiger partial charge on any atom is 0.149 e. The molecule has 0 saturated carbocycles. The number of nitrogens with zero attached hydrogens (tertiary/aromatic N) is 1. The standard InChI is InChI=1S/C6H6O.C5H2Cl3N/c7-6-4-2-1-3-5-6;6-3-1-2-9-5(8)4(3)7/h1-5,7H;1-2H. The van der Waals surface area contributed by atoms with E-state index in [0.29, 0.717) is 15.8 Å². The summed E-state index contributed by atoms with van der Waals surface area (Å²) >= 11 is 16.6. The molecule has 2 nitrogen and oxygen atoms in total. The molecule has 0 aliphatic rings. The molecule has 1 aromatic heterocycles. The predicted octanol–water partition coefficient (Wildman–Crippen LogP) is 4.43. The molecule has 1 aromatic carbocycles. The molecular weight excluding hydrogens is 268 g/mol. The minimum absolute atomic E-state index is 0.240. The normalized spacial score (nSPS) is 9.19. The van der Waals surface area contributed by atoms with Crippen LogP contribution in [0.4, 0.5) is 0 Å². The molecule has 1 heterocycles. The van der Waals surface area contributed by atoms with Gasteiger partial charge in [-0.3, -0.25) is 0 Å². The van der Waals surface area contributed by atoms with Gasteiger partial charge < -0.3 is 5.11 Å². The first-order valence-electron chi connectivity index (χ1n) is 4.31. The maximum atomic E-state index is 8.63. The molecule has 16 heavy (non-hydrogen) atoms. The first kappa shape index (κ1) is 13.1. The summed E-state index contributed by atoms with van der Waals surface area (Å²) in [5.74, 6) is 0.322. The lowest BCUT2D eigenvalue weighted by atomic mass is 10.3. The average Bonchev–Trinajstić information content (AvgIpc) is 2.28. The van der Waals surface area contributed by atoms with Gasteiger partial charge in [0.25, 0.3) is 0 Å². The van der Waals surface area contributed by atoms with Gasteiger partial charge in [-0.25, -0.2) is 4.98 Å². The van der Waals surface area contributed by atoms with Crippen LogP contribution in [0.25, 0.3) is 0 Å². The molecule has 1 N–H and O–H groups in total. The molecule has 0 unspecified atom stereocenters. The number of hydrogen-bond donors (Lipinski definition) is 1. The van der Waals surface area contributed by atoms with E-state index in [0.717, 1.165) is 0 Å². The summed E-state index contributed by atoms with van der Waals surface area (Å²) in [6, 6.07) is 10.3. The number of para-hydroxylation sites is 1. The highest BCUT2D eigenvalue weighted by molar-refractivity contribution is 6.47. The molecule has 5 heteroatoms. The van der Waals surface area contributed by atoms with Crippen LogP contribution in [0.2, 0.25) is 15.2 Å². The van der Waals surface area contributed by atoms with Gasteiger partial charge in [0.1, 0.15) is 10.9 Å². The van der Waals surface area contributed by atoms with E-state index in [-0.39, 0.29) is 5.15 Å². The third-order valence-electron chi connectivity index (χ3n) is 1.56. The van der Waals surface area contributed by atoms with Crippen molar-refractivity contribution in [2.24, 2.45) is 0 Å². The van der Waals surface area contributed by atoms with Crippen LogP contribution in [0.1, 0.15) is 0 Å². The number of phenols is 1. The van der Waals surface area contributed by atoms with Gasteiger partial charge in [-0.15, -0.1) is 0 Å². The second-order valence-electron chi connectivity index (χ2n) is 2.73. The number of aromatic nitrogens is 1. The lowest BCUT2D eigenvalue weighted by Gasteiger charge is -1.93. The number of benzene rings is 1. The van der Waals surface area contributed by atoms with Crippen molar-refractivity contribution < 1.29 is 5.11 Å². The number of halogens is 3. The summed E-state index contributed by atoms with van der Waals surface area (Å²) in [5, 5.41) is 9.61. The lowest BCUT2D eigenvalue weighted by molar-refractivity contribution is 0.475. The minimum atomic E-state index is 0.240. The number of pyridine rings is 1. The van der Waals surface area contributed by atoms with Crippen LogP contribution in [0, 0.1) is 0 Å². The fraction of sp³-hybridized carbons (Fsp3) is 0. The van der Waals surface area contributed by atoms with Gasteiger partial charge in [0, 0.05) is 6.20 Å². The van der Waals surface area contributed by atoms with E-state index in [4.69, 9.17) is 39.9 Å². The van der Waals surface area contributed by atoms with Gasteiger partial charge in [0.05, 0.1) is 10.0 Å². The van der Waals surface area contributed by atoms with Crippen LogP contribution in [-0.4, -0.2) is 10.1 Å². The van der Waals surface area contributed by atoms with E-state index in [1.165, 1.54) is 6.20 Å². The van der Waals surface area contributed by atoms with Gasteiger partial charge in [-0.1, -0.05) is 53.0 Å². The largest absolute Gasteiger partial charge is 0.508 e. The minimum Gasteiger partial charge on any atom is -0.508 e. The van der Waals surface area contributed by atoms with Crippen molar-refractivity contribution in [1.82, 2.24) is 4.98 Å². The van der Waals surface area contributed by atoms with E-state index < -0.39 is 0 Å². The van der Waals surface area contributed by atoms with Gasteiger partial charge >= 0.3 is 0 Å². The Morgan fingerprint density at radius 1 is 0.938 bits per heavy atom. The van der Waals surface area contributed by atoms with Gasteiger partial charge in [-0.2, -0.15) is 0 Å². The smallest absolute Gasteiger partial charge is 0.149 e. The second-order valence-corrected chi connectivity index (χ2v) is 3.88. The average molecular weight is 277 g/mol. The summed E-state index contributed by atoms with van der Waals surface area (Å²) in [4.78, 5) is 3.69. The maximum absolute atomic E-state index is 8.63. The van der Waals surface area contributed by atoms with Crippen molar-refractivity contribution in [3.8, 4) is 5.75 Å². The summed E-state index contributed by atoms with van der Waals surface area (Å²) in [6.07, 6.45) is 1.50. The molecule has 0 saturated heterocycles. The SMILES string of the molecule is Clc1ccnc(Cl)c1Cl.Oc1ccccc1. The fourth-order valence-electron chi connectivity index (χ4n) is 0.825. The Morgan fingerprint density at radius 2 is 1.56 bits per heavy atom. The molecule has 0 aliphatic heterocycles. The zero-order valence-electron chi connectivity index (χ0n) is 8.07. The Kier molecular flexibility index (Phi) is 5.39. The highest BCUT2D eigenvalue weighted by Gasteiger charge is 2.00. The Balaban J connectivity index is 0.000000165. The molecular formula is C11H8Cl3NO. The quantitative estimate of drug-likeness (QED) is 0.722. The van der Waals surface area contributed by atoms with Crippen LogP contribution in [0.5, 0.6) is 5.75 Å². The second kappa shape index (κ2) is 6.59. The molecule has 84 valence electrons. The van der Waals surface area contributed by atoms with Crippen LogP contribution < -0.4 is 0 Å². The van der Waals surface area contributed by atoms with Gasteiger partial charge in [-0.05, 0) is 18.2 Å². The molecule has 0 fully saturated rings. The van der Waals surface area contributed by atoms with Gasteiger partial charge in [0.15, 0.2) is 0 Å². The van der Waals surface area contributed by atoms with Gasteiger partial charge in [0.2, 0.25) is 0 Å². The molecule has 2 aromatic rings. The molecule has 0 spiro atoms.